The molecular formula is C30H43F3N4OS. The molecule has 3 fully saturated rings. The summed E-state index contributed by atoms with van der Waals surface area (Å²) in [4.78, 5) is 12.0. The molecule has 5 rings (SSSR count). The average Bonchev–Trinajstić information content (AvgIpc) is 2.87. The molecule has 3 aliphatic rings. The van der Waals surface area contributed by atoms with E-state index in [4.69, 9.17) is 0 Å². The van der Waals surface area contributed by atoms with Crippen molar-refractivity contribution in [3.8, 4) is 0 Å². The van der Waals surface area contributed by atoms with E-state index in [-0.39, 0.29) is 17.6 Å². The fraction of sp³-hybridized carbons (Fsp3) is 0.667. The van der Waals surface area contributed by atoms with E-state index >= 15 is 0 Å². The van der Waals surface area contributed by atoms with Crippen molar-refractivity contribution in [3.05, 3.63) is 41.2 Å². The first kappa shape index (κ1) is 30.1. The Morgan fingerprint density at radius 2 is 1.72 bits per heavy atom. The Morgan fingerprint density at radius 1 is 1.08 bits per heavy atom. The van der Waals surface area contributed by atoms with Gasteiger partial charge < -0.3 is 15.3 Å². The van der Waals surface area contributed by atoms with E-state index in [2.05, 4.69) is 39.4 Å². The SMILES string of the molecule is CC.Cc1cc(SC2CC3(CCN(C)CC3)C2)ccc1Nc1ncc(C(F)(F)F)c(C2CCC(C)(O)CC2)n1. The Labute approximate surface area is 235 Å². The Kier molecular flexibility index (Phi) is 9.23. The van der Waals surface area contributed by atoms with Gasteiger partial charge in [0.25, 0.3) is 0 Å². The van der Waals surface area contributed by atoms with Crippen LogP contribution in [0.5, 0.6) is 0 Å². The molecule has 1 aliphatic heterocycles. The molecular weight excluding hydrogens is 521 g/mol. The minimum absolute atomic E-state index is 0.0261. The van der Waals surface area contributed by atoms with Crippen molar-refractivity contribution in [2.24, 2.45) is 5.41 Å². The highest BCUT2D eigenvalue weighted by atomic mass is 32.2. The molecule has 0 amide bonds. The first-order valence-corrected chi connectivity index (χ1v) is 15.2. The van der Waals surface area contributed by atoms with Gasteiger partial charge in [0.05, 0.1) is 16.9 Å². The van der Waals surface area contributed by atoms with Gasteiger partial charge in [-0.05, 0) is 115 Å². The molecule has 5 nitrogen and oxygen atoms in total. The zero-order valence-corrected chi connectivity index (χ0v) is 24.7. The summed E-state index contributed by atoms with van der Waals surface area (Å²) in [6.45, 7) is 10.1. The van der Waals surface area contributed by atoms with Gasteiger partial charge in [0.2, 0.25) is 5.95 Å². The smallest absolute Gasteiger partial charge is 0.390 e. The molecule has 1 aromatic carbocycles. The van der Waals surface area contributed by atoms with E-state index in [0.717, 1.165) is 17.4 Å². The van der Waals surface area contributed by atoms with Crippen LogP contribution in [-0.4, -0.2) is 51.0 Å². The first-order valence-electron chi connectivity index (χ1n) is 14.3. The van der Waals surface area contributed by atoms with Crippen LogP contribution in [0.4, 0.5) is 24.8 Å². The van der Waals surface area contributed by atoms with Crippen molar-refractivity contribution in [1.82, 2.24) is 14.9 Å². The van der Waals surface area contributed by atoms with Crippen LogP contribution in [0, 0.1) is 12.3 Å². The number of hydrogen-bond acceptors (Lipinski definition) is 6. The van der Waals surface area contributed by atoms with E-state index in [1.165, 1.54) is 43.7 Å². The second kappa shape index (κ2) is 12.0. The van der Waals surface area contributed by atoms with Gasteiger partial charge in [0.1, 0.15) is 0 Å². The number of thioether (sulfide) groups is 1. The van der Waals surface area contributed by atoms with Crippen molar-refractivity contribution in [1.29, 1.82) is 0 Å². The Hall–Kier alpha value is -1.84. The lowest BCUT2D eigenvalue weighted by molar-refractivity contribution is -0.139. The van der Waals surface area contributed by atoms with Crippen LogP contribution in [-0.2, 0) is 6.18 Å². The van der Waals surface area contributed by atoms with Gasteiger partial charge in [0.15, 0.2) is 0 Å². The van der Waals surface area contributed by atoms with Gasteiger partial charge >= 0.3 is 6.18 Å². The van der Waals surface area contributed by atoms with E-state index in [9.17, 15) is 18.3 Å². The number of aliphatic hydroxyl groups is 1. The number of nitrogens with zero attached hydrogens (tertiary/aromatic N) is 3. The Balaban J connectivity index is 0.00000172. The highest BCUT2D eigenvalue weighted by Gasteiger charge is 2.45. The van der Waals surface area contributed by atoms with Gasteiger partial charge in [-0.15, -0.1) is 11.8 Å². The van der Waals surface area contributed by atoms with Crippen LogP contribution < -0.4 is 5.32 Å². The maximum Gasteiger partial charge on any atom is 0.419 e. The summed E-state index contributed by atoms with van der Waals surface area (Å²) in [7, 11) is 2.20. The summed E-state index contributed by atoms with van der Waals surface area (Å²) < 4.78 is 41.2. The van der Waals surface area contributed by atoms with Crippen LogP contribution in [0.3, 0.4) is 0 Å². The molecule has 9 heteroatoms. The third-order valence-electron chi connectivity index (χ3n) is 8.69. The summed E-state index contributed by atoms with van der Waals surface area (Å²) in [5.41, 5.74) is 0.771. The number of aryl methyl sites for hydroxylation is 1. The maximum atomic E-state index is 13.7. The first-order chi connectivity index (χ1) is 18.4. The Bertz CT molecular complexity index is 1110. The van der Waals surface area contributed by atoms with Gasteiger partial charge in [0, 0.05) is 27.9 Å². The molecule has 1 aromatic heterocycles. The molecule has 0 bridgehead atoms. The number of benzene rings is 1. The fourth-order valence-corrected chi connectivity index (χ4v) is 7.80. The predicted molar refractivity (Wildman–Crippen MR) is 153 cm³/mol. The number of rotatable bonds is 5. The summed E-state index contributed by atoms with van der Waals surface area (Å²) >= 11 is 1.94. The van der Waals surface area contributed by atoms with Crippen LogP contribution in [0.1, 0.15) is 94.9 Å². The molecule has 39 heavy (non-hydrogen) atoms. The largest absolute Gasteiger partial charge is 0.419 e. The van der Waals surface area contributed by atoms with Crippen molar-refractivity contribution in [2.45, 2.75) is 107 Å². The molecule has 1 saturated heterocycles. The third-order valence-corrected chi connectivity index (χ3v) is 9.88. The molecule has 0 atom stereocenters. The lowest BCUT2D eigenvalue weighted by Crippen LogP contribution is -2.47. The minimum Gasteiger partial charge on any atom is -0.390 e. The number of alkyl halides is 3. The third kappa shape index (κ3) is 7.27. The summed E-state index contributed by atoms with van der Waals surface area (Å²) in [5.74, 6) is -0.178. The van der Waals surface area contributed by atoms with Gasteiger partial charge in [-0.25, -0.2) is 9.97 Å². The highest BCUT2D eigenvalue weighted by Crippen LogP contribution is 2.54. The lowest BCUT2D eigenvalue weighted by Gasteiger charge is -2.51. The fourth-order valence-electron chi connectivity index (χ4n) is 6.15. The van der Waals surface area contributed by atoms with Crippen LogP contribution in [0.25, 0.3) is 0 Å². The van der Waals surface area contributed by atoms with Crippen LogP contribution >= 0.6 is 11.8 Å². The van der Waals surface area contributed by atoms with E-state index < -0.39 is 17.3 Å². The quantitative estimate of drug-likeness (QED) is 0.384. The molecule has 2 heterocycles. The molecule has 0 unspecified atom stereocenters. The van der Waals surface area contributed by atoms with Crippen molar-refractivity contribution < 1.29 is 18.3 Å². The summed E-state index contributed by atoms with van der Waals surface area (Å²) in [6.07, 6.45) is 3.40. The van der Waals surface area contributed by atoms with Crippen molar-refractivity contribution >= 4 is 23.4 Å². The van der Waals surface area contributed by atoms with E-state index in [1.54, 1.807) is 6.92 Å². The summed E-state index contributed by atoms with van der Waals surface area (Å²) in [6, 6.07) is 6.19. The molecule has 2 N–H and O–H groups in total. The lowest BCUT2D eigenvalue weighted by atomic mass is 9.63. The standard InChI is InChI=1S/C28H37F3N4OS.C2H6/c1-18-14-20(37-21-15-27(16-21)10-12-35(3)13-11-27)4-5-23(18)33-25-32-17-22(28(29,30)31)24(34-25)19-6-8-26(2,36)9-7-19;1-2/h4-5,14,17,19,21,36H,6-13,15-16H2,1-3H3,(H,32,33,34);1-2H3. The highest BCUT2D eigenvalue weighted by molar-refractivity contribution is 8.00. The number of likely N-dealkylation sites (tertiary alicyclic amines) is 1. The zero-order valence-electron chi connectivity index (χ0n) is 23.9. The molecule has 0 radical (unpaired) electrons. The molecule has 216 valence electrons. The molecule has 1 spiro atoms. The van der Waals surface area contributed by atoms with Gasteiger partial charge in [-0.3, -0.25) is 0 Å². The number of anilines is 2. The number of nitrogens with one attached hydrogen (secondary N) is 1. The monoisotopic (exact) mass is 564 g/mol. The van der Waals surface area contributed by atoms with Gasteiger partial charge in [-0.1, -0.05) is 13.8 Å². The van der Waals surface area contributed by atoms with E-state index in [1.807, 2.05) is 38.6 Å². The second-order valence-corrected chi connectivity index (χ2v) is 13.2. The molecule has 2 saturated carbocycles. The minimum atomic E-state index is -4.52. The summed E-state index contributed by atoms with van der Waals surface area (Å²) in [5, 5.41) is 14.1. The van der Waals surface area contributed by atoms with E-state index in [0.29, 0.717) is 36.3 Å². The predicted octanol–water partition coefficient (Wildman–Crippen LogP) is 7.95. The van der Waals surface area contributed by atoms with Gasteiger partial charge in [-0.2, -0.15) is 13.2 Å². The van der Waals surface area contributed by atoms with Crippen molar-refractivity contribution in [3.63, 3.8) is 0 Å². The average molecular weight is 565 g/mol. The normalized spacial score (nSPS) is 25.5. The topological polar surface area (TPSA) is 61.3 Å². The zero-order chi connectivity index (χ0) is 28.4. The second-order valence-electron chi connectivity index (χ2n) is 11.8. The number of hydrogen-bond donors (Lipinski definition) is 2. The molecule has 2 aliphatic carbocycles. The Morgan fingerprint density at radius 3 is 2.31 bits per heavy atom. The van der Waals surface area contributed by atoms with Crippen molar-refractivity contribution in [2.75, 3.05) is 25.5 Å². The molecule has 2 aromatic rings. The van der Waals surface area contributed by atoms with Crippen LogP contribution in [0.15, 0.2) is 29.3 Å². The number of aromatic nitrogens is 2. The number of halogens is 3. The number of piperidine rings is 1. The van der Waals surface area contributed by atoms with Crippen LogP contribution in [0.2, 0.25) is 0 Å². The maximum absolute atomic E-state index is 13.7.